The second kappa shape index (κ2) is 7.14. The number of H-pyrrole nitrogens is 1. The smallest absolute Gasteiger partial charge is 0.316 e. The second-order valence-corrected chi connectivity index (χ2v) is 6.72. The lowest BCUT2D eigenvalue weighted by atomic mass is 9.96. The molecular weight excluding hydrogens is 316 g/mol. The monoisotopic (exact) mass is 340 g/mol. The largest absolute Gasteiger partial charge is 0.390 e. The molecule has 1 saturated heterocycles. The van der Waals surface area contributed by atoms with E-state index in [9.17, 15) is 0 Å². The zero-order valence-corrected chi connectivity index (χ0v) is 14.2. The number of aromatic amines is 1. The van der Waals surface area contributed by atoms with E-state index in [1.807, 2.05) is 0 Å². The number of nitrogens with zero attached hydrogens (tertiary/aromatic N) is 3. The highest BCUT2D eigenvalue weighted by atomic mass is 16.4. The van der Waals surface area contributed by atoms with E-state index in [-0.39, 0.29) is 6.01 Å². The van der Waals surface area contributed by atoms with Crippen molar-refractivity contribution >= 4 is 22.9 Å². The van der Waals surface area contributed by atoms with Crippen molar-refractivity contribution in [3.8, 4) is 0 Å². The Bertz CT molecular complexity index is 818. The third-order valence-electron chi connectivity index (χ3n) is 5.06. The minimum atomic E-state index is 0.106. The summed E-state index contributed by atoms with van der Waals surface area (Å²) in [5.41, 5.74) is 8.06. The maximum absolute atomic E-state index is 5.42. The van der Waals surface area contributed by atoms with Crippen LogP contribution in [-0.4, -0.2) is 46.3 Å². The number of nitrogen functional groups attached to an aromatic ring is 1. The zero-order chi connectivity index (χ0) is 17.1. The predicted molar refractivity (Wildman–Crippen MR) is 98.4 cm³/mol. The van der Waals surface area contributed by atoms with Crippen LogP contribution in [0, 0.1) is 5.92 Å². The quantitative estimate of drug-likeness (QED) is 0.638. The highest BCUT2D eigenvalue weighted by Gasteiger charge is 2.19. The summed E-state index contributed by atoms with van der Waals surface area (Å²) in [6.45, 7) is 4.25. The van der Waals surface area contributed by atoms with Gasteiger partial charge in [0.2, 0.25) is 0 Å². The molecule has 7 heteroatoms. The lowest BCUT2D eigenvalue weighted by Gasteiger charge is -2.31. The molecular formula is C18H24N6O. The van der Waals surface area contributed by atoms with Gasteiger partial charge in [-0.3, -0.25) is 0 Å². The van der Waals surface area contributed by atoms with E-state index >= 15 is 0 Å². The van der Waals surface area contributed by atoms with Crippen LogP contribution in [-0.2, 0) is 6.42 Å². The third-order valence-corrected chi connectivity index (χ3v) is 5.06. The molecule has 0 unspecified atom stereocenters. The number of benzene rings is 1. The van der Waals surface area contributed by atoms with Gasteiger partial charge in [0.1, 0.15) is 0 Å². The predicted octanol–water partition coefficient (Wildman–Crippen LogP) is 2.50. The minimum absolute atomic E-state index is 0.106. The first-order valence-electron chi connectivity index (χ1n) is 8.88. The average molecular weight is 340 g/mol. The molecule has 0 bridgehead atoms. The molecule has 1 aliphatic rings. The Kier molecular flexibility index (Phi) is 4.56. The van der Waals surface area contributed by atoms with Gasteiger partial charge >= 0.3 is 12.0 Å². The molecule has 1 aliphatic heterocycles. The Labute approximate surface area is 146 Å². The van der Waals surface area contributed by atoms with Crippen molar-refractivity contribution in [2.75, 3.05) is 37.2 Å². The van der Waals surface area contributed by atoms with Gasteiger partial charge in [-0.2, -0.15) is 0 Å². The molecule has 7 nitrogen and oxygen atoms in total. The Hall–Kier alpha value is -2.54. The number of rotatable bonds is 6. The molecule has 1 aromatic carbocycles. The molecule has 0 radical (unpaired) electrons. The Morgan fingerprint density at radius 3 is 2.88 bits per heavy atom. The Balaban J connectivity index is 1.22. The number of hydrogen-bond donors (Lipinski definition) is 3. The molecule has 0 spiro atoms. The fraction of sp³-hybridized carbons (Fsp3) is 0.444. The van der Waals surface area contributed by atoms with Crippen molar-refractivity contribution < 1.29 is 4.42 Å². The van der Waals surface area contributed by atoms with Crippen LogP contribution < -0.4 is 11.1 Å². The first kappa shape index (κ1) is 16.0. The highest BCUT2D eigenvalue weighted by Crippen LogP contribution is 2.21. The van der Waals surface area contributed by atoms with Gasteiger partial charge in [0.25, 0.3) is 0 Å². The van der Waals surface area contributed by atoms with E-state index in [1.54, 1.807) is 0 Å². The van der Waals surface area contributed by atoms with Crippen molar-refractivity contribution in [2.45, 2.75) is 19.3 Å². The van der Waals surface area contributed by atoms with Gasteiger partial charge in [0.05, 0.1) is 0 Å². The third kappa shape index (κ3) is 3.76. The molecule has 1 fully saturated rings. The number of anilines is 2. The maximum Gasteiger partial charge on any atom is 0.316 e. The first-order chi connectivity index (χ1) is 12.3. The lowest BCUT2D eigenvalue weighted by Crippen LogP contribution is -2.37. The molecule has 0 amide bonds. The molecule has 0 aliphatic carbocycles. The Morgan fingerprint density at radius 1 is 1.24 bits per heavy atom. The van der Waals surface area contributed by atoms with Crippen LogP contribution in [0.2, 0.25) is 0 Å². The highest BCUT2D eigenvalue weighted by molar-refractivity contribution is 5.83. The summed E-state index contributed by atoms with van der Waals surface area (Å²) in [4.78, 5) is 5.92. The molecule has 0 atom stereocenters. The Morgan fingerprint density at radius 2 is 2.08 bits per heavy atom. The van der Waals surface area contributed by atoms with Gasteiger partial charge in [0, 0.05) is 30.2 Å². The van der Waals surface area contributed by atoms with Gasteiger partial charge in [-0.15, -0.1) is 0 Å². The number of likely N-dealkylation sites (tertiary alicyclic amines) is 1. The van der Waals surface area contributed by atoms with Crippen molar-refractivity contribution in [3.05, 3.63) is 36.0 Å². The van der Waals surface area contributed by atoms with Crippen LogP contribution in [0.4, 0.5) is 12.0 Å². The topological polar surface area (TPSA) is 96.0 Å². The summed E-state index contributed by atoms with van der Waals surface area (Å²) < 4.78 is 5.14. The molecule has 3 heterocycles. The summed E-state index contributed by atoms with van der Waals surface area (Å²) in [5, 5.41) is 12.0. The standard InChI is InChI=1S/C18H24N6O/c19-17-22-23-18(25-17)21-11-13-5-8-24(9-6-13)10-7-14-12-20-16-4-2-1-3-15(14)16/h1-4,12-13,20H,5-11H2,(H2,19,22)(H,21,23). The van der Waals surface area contributed by atoms with Crippen molar-refractivity contribution in [1.82, 2.24) is 20.1 Å². The molecule has 4 N–H and O–H groups in total. The normalized spacial score (nSPS) is 16.5. The number of piperidine rings is 1. The molecule has 3 aromatic rings. The van der Waals surface area contributed by atoms with Gasteiger partial charge in [0.15, 0.2) is 0 Å². The number of aromatic nitrogens is 3. The lowest BCUT2D eigenvalue weighted by molar-refractivity contribution is 0.191. The van der Waals surface area contributed by atoms with Crippen LogP contribution in [0.5, 0.6) is 0 Å². The maximum atomic E-state index is 5.42. The van der Waals surface area contributed by atoms with Crippen LogP contribution in [0.15, 0.2) is 34.9 Å². The number of hydrogen-bond acceptors (Lipinski definition) is 6. The molecule has 4 rings (SSSR count). The van der Waals surface area contributed by atoms with Gasteiger partial charge in [-0.25, -0.2) is 0 Å². The fourth-order valence-corrected chi connectivity index (χ4v) is 3.57. The van der Waals surface area contributed by atoms with E-state index in [0.717, 1.165) is 32.6 Å². The van der Waals surface area contributed by atoms with E-state index < -0.39 is 0 Å². The second-order valence-electron chi connectivity index (χ2n) is 6.72. The van der Waals surface area contributed by atoms with E-state index in [2.05, 4.69) is 55.9 Å². The number of para-hydroxylation sites is 1. The first-order valence-corrected chi connectivity index (χ1v) is 8.88. The summed E-state index contributed by atoms with van der Waals surface area (Å²) >= 11 is 0. The number of nitrogens with one attached hydrogen (secondary N) is 2. The van der Waals surface area contributed by atoms with Gasteiger partial charge in [-0.1, -0.05) is 28.4 Å². The van der Waals surface area contributed by atoms with Crippen LogP contribution in [0.3, 0.4) is 0 Å². The van der Waals surface area contributed by atoms with Crippen molar-refractivity contribution in [3.63, 3.8) is 0 Å². The van der Waals surface area contributed by atoms with E-state index in [0.29, 0.717) is 11.9 Å². The molecule has 132 valence electrons. The van der Waals surface area contributed by atoms with Crippen molar-refractivity contribution in [2.24, 2.45) is 5.92 Å². The molecule has 25 heavy (non-hydrogen) atoms. The average Bonchev–Trinajstić information content (AvgIpc) is 3.25. The van der Waals surface area contributed by atoms with Gasteiger partial charge in [-0.05, 0) is 49.9 Å². The summed E-state index contributed by atoms with van der Waals surface area (Å²) in [6, 6.07) is 9.03. The zero-order valence-electron chi connectivity index (χ0n) is 14.2. The number of fused-ring (bicyclic) bond motifs is 1. The van der Waals surface area contributed by atoms with E-state index in [1.165, 1.54) is 29.3 Å². The summed E-state index contributed by atoms with van der Waals surface area (Å²) in [7, 11) is 0. The van der Waals surface area contributed by atoms with Crippen molar-refractivity contribution in [1.29, 1.82) is 0 Å². The van der Waals surface area contributed by atoms with Gasteiger partial charge < -0.3 is 25.4 Å². The fourth-order valence-electron chi connectivity index (χ4n) is 3.57. The number of nitrogens with two attached hydrogens (primary N) is 1. The summed E-state index contributed by atoms with van der Waals surface area (Å²) in [5.74, 6) is 0.637. The molecule has 0 saturated carbocycles. The summed E-state index contributed by atoms with van der Waals surface area (Å²) in [6.07, 6.45) is 5.61. The minimum Gasteiger partial charge on any atom is -0.390 e. The van der Waals surface area contributed by atoms with Crippen LogP contribution >= 0.6 is 0 Å². The van der Waals surface area contributed by atoms with E-state index in [4.69, 9.17) is 10.2 Å². The van der Waals surface area contributed by atoms with Crippen LogP contribution in [0.25, 0.3) is 10.9 Å². The molecule has 2 aromatic heterocycles. The van der Waals surface area contributed by atoms with Crippen LogP contribution in [0.1, 0.15) is 18.4 Å². The SMILES string of the molecule is Nc1nnc(NCC2CCN(CCc3c[nH]c4ccccc34)CC2)o1.